The Morgan fingerprint density at radius 1 is 1.05 bits per heavy atom. The minimum absolute atomic E-state index is 0.0746. The summed E-state index contributed by atoms with van der Waals surface area (Å²) in [5, 5.41) is 6.76. The molecule has 3 aliphatic heterocycles. The van der Waals surface area contributed by atoms with E-state index in [1.807, 2.05) is 31.2 Å². The molecule has 0 aromatic heterocycles. The largest absolute Gasteiger partial charge is 0.494 e. The molecule has 5 atom stereocenters. The molecule has 1 saturated carbocycles. The van der Waals surface area contributed by atoms with Crippen LogP contribution in [-0.4, -0.2) is 53.0 Å². The minimum Gasteiger partial charge on any atom is -0.494 e. The van der Waals surface area contributed by atoms with Gasteiger partial charge in [-0.2, -0.15) is 0 Å². The van der Waals surface area contributed by atoms with E-state index in [4.69, 9.17) is 21.1 Å². The average molecular weight is 564 g/mol. The number of benzene rings is 2. The fraction of sp³-hybridized carbons (Fsp3) is 0.452. The van der Waals surface area contributed by atoms with Crippen LogP contribution in [0.3, 0.4) is 0 Å². The van der Waals surface area contributed by atoms with Gasteiger partial charge in [-0.3, -0.25) is 14.4 Å². The molecule has 1 aliphatic carbocycles. The monoisotopic (exact) mass is 563 g/mol. The van der Waals surface area contributed by atoms with Gasteiger partial charge in [-0.15, -0.1) is 0 Å². The van der Waals surface area contributed by atoms with Gasteiger partial charge in [0.25, 0.3) is 0 Å². The number of nitrogens with one attached hydrogen (secondary N) is 2. The number of rotatable bonds is 8. The molecule has 0 radical (unpaired) electrons. The second-order valence-corrected chi connectivity index (χ2v) is 11.5. The predicted molar refractivity (Wildman–Crippen MR) is 151 cm³/mol. The number of hydrogen-bond acceptors (Lipinski definition) is 5. The SMILES string of the molecule is CCOc1ccc(NC(=O)C2[C@@H]3C=CC4(O3)C(C(=O)NC3CCCCC3)N(Cc3ccc(Cl)cc3)C(=O)[C@H]24)cc1. The molecular weight excluding hydrogens is 530 g/mol. The van der Waals surface area contributed by atoms with E-state index in [0.717, 1.165) is 31.2 Å². The third-order valence-corrected chi connectivity index (χ3v) is 8.83. The van der Waals surface area contributed by atoms with Gasteiger partial charge >= 0.3 is 0 Å². The van der Waals surface area contributed by atoms with Gasteiger partial charge in [0.2, 0.25) is 17.7 Å². The zero-order valence-electron chi connectivity index (χ0n) is 22.5. The number of halogens is 1. The molecule has 3 amide bonds. The van der Waals surface area contributed by atoms with E-state index in [9.17, 15) is 14.4 Å². The number of likely N-dealkylation sites (tertiary alicyclic amines) is 1. The van der Waals surface area contributed by atoms with Crippen LogP contribution in [0.5, 0.6) is 5.75 Å². The molecule has 2 aromatic rings. The summed E-state index contributed by atoms with van der Waals surface area (Å²) in [6.07, 6.45) is 8.25. The van der Waals surface area contributed by atoms with Crippen LogP contribution < -0.4 is 15.4 Å². The van der Waals surface area contributed by atoms with Crippen molar-refractivity contribution in [3.8, 4) is 5.75 Å². The molecule has 2 bridgehead atoms. The minimum atomic E-state index is -1.20. The Kier molecular flexibility index (Phi) is 7.31. The Bertz CT molecular complexity index is 1310. The number of nitrogens with zero attached hydrogens (tertiary/aromatic N) is 1. The first-order valence-corrected chi connectivity index (χ1v) is 14.5. The lowest BCUT2D eigenvalue weighted by molar-refractivity contribution is -0.142. The van der Waals surface area contributed by atoms with Crippen molar-refractivity contribution in [1.82, 2.24) is 10.2 Å². The zero-order chi connectivity index (χ0) is 27.9. The highest BCUT2D eigenvalue weighted by Crippen LogP contribution is 2.55. The maximum absolute atomic E-state index is 14.1. The van der Waals surface area contributed by atoms with Crippen molar-refractivity contribution in [3.63, 3.8) is 0 Å². The Hall–Kier alpha value is -3.36. The molecule has 3 fully saturated rings. The number of hydrogen-bond donors (Lipinski definition) is 2. The maximum atomic E-state index is 14.1. The van der Waals surface area contributed by atoms with E-state index in [0.29, 0.717) is 23.1 Å². The molecule has 2 saturated heterocycles. The van der Waals surface area contributed by atoms with E-state index < -0.39 is 29.6 Å². The Labute approximate surface area is 239 Å². The molecular formula is C31H34ClN3O5. The van der Waals surface area contributed by atoms with Crippen molar-refractivity contribution < 1.29 is 23.9 Å². The van der Waals surface area contributed by atoms with Crippen LogP contribution in [0, 0.1) is 11.8 Å². The number of carbonyl (C=O) groups is 3. The molecule has 210 valence electrons. The van der Waals surface area contributed by atoms with E-state index in [2.05, 4.69) is 10.6 Å². The number of ether oxygens (including phenoxy) is 2. The van der Waals surface area contributed by atoms with Crippen LogP contribution >= 0.6 is 11.6 Å². The van der Waals surface area contributed by atoms with Gasteiger partial charge in [0.05, 0.1) is 24.5 Å². The Morgan fingerprint density at radius 3 is 2.48 bits per heavy atom. The van der Waals surface area contributed by atoms with E-state index in [1.54, 1.807) is 41.3 Å². The van der Waals surface area contributed by atoms with Crippen LogP contribution in [0.25, 0.3) is 0 Å². The first kappa shape index (κ1) is 26.8. The summed E-state index contributed by atoms with van der Waals surface area (Å²) in [5.41, 5.74) is 0.246. The van der Waals surface area contributed by atoms with Crippen molar-refractivity contribution in [2.45, 2.75) is 69.4 Å². The van der Waals surface area contributed by atoms with Crippen molar-refractivity contribution >= 4 is 35.0 Å². The molecule has 9 heteroatoms. The second-order valence-electron chi connectivity index (χ2n) is 11.1. The van der Waals surface area contributed by atoms with E-state index >= 15 is 0 Å². The third kappa shape index (κ3) is 4.77. The quantitative estimate of drug-likeness (QED) is 0.462. The summed E-state index contributed by atoms with van der Waals surface area (Å²) in [7, 11) is 0. The van der Waals surface area contributed by atoms with Crippen LogP contribution in [0.15, 0.2) is 60.7 Å². The van der Waals surface area contributed by atoms with E-state index in [-0.39, 0.29) is 30.3 Å². The third-order valence-electron chi connectivity index (χ3n) is 8.58. The number of amides is 3. The molecule has 40 heavy (non-hydrogen) atoms. The fourth-order valence-corrected chi connectivity index (χ4v) is 6.90. The van der Waals surface area contributed by atoms with Gasteiger partial charge in [0, 0.05) is 23.3 Å². The summed E-state index contributed by atoms with van der Waals surface area (Å²) >= 11 is 6.09. The van der Waals surface area contributed by atoms with Crippen LogP contribution in [0.4, 0.5) is 5.69 Å². The van der Waals surface area contributed by atoms with Gasteiger partial charge in [-0.25, -0.2) is 0 Å². The number of fused-ring (bicyclic) bond motifs is 1. The van der Waals surface area contributed by atoms with Gasteiger partial charge in [0.15, 0.2) is 0 Å². The summed E-state index contributed by atoms with van der Waals surface area (Å²) < 4.78 is 11.9. The molecule has 3 unspecified atom stereocenters. The summed E-state index contributed by atoms with van der Waals surface area (Å²) in [6.45, 7) is 2.67. The second kappa shape index (κ2) is 10.9. The topological polar surface area (TPSA) is 97.0 Å². The van der Waals surface area contributed by atoms with Gasteiger partial charge < -0.3 is 25.0 Å². The summed E-state index contributed by atoms with van der Waals surface area (Å²) in [5.74, 6) is -1.64. The zero-order valence-corrected chi connectivity index (χ0v) is 23.2. The fourth-order valence-electron chi connectivity index (χ4n) is 6.78. The highest BCUT2D eigenvalue weighted by Gasteiger charge is 2.72. The first-order chi connectivity index (χ1) is 19.4. The summed E-state index contributed by atoms with van der Waals surface area (Å²) in [4.78, 5) is 43.3. The molecule has 3 heterocycles. The average Bonchev–Trinajstić information content (AvgIpc) is 3.59. The molecule has 1 spiro atoms. The molecule has 4 aliphatic rings. The highest BCUT2D eigenvalue weighted by molar-refractivity contribution is 6.30. The van der Waals surface area contributed by atoms with Crippen molar-refractivity contribution in [3.05, 3.63) is 71.3 Å². The lowest BCUT2D eigenvalue weighted by Gasteiger charge is -2.34. The van der Waals surface area contributed by atoms with Crippen LogP contribution in [0.1, 0.15) is 44.6 Å². The molecule has 6 rings (SSSR count). The molecule has 8 nitrogen and oxygen atoms in total. The summed E-state index contributed by atoms with van der Waals surface area (Å²) in [6, 6.07) is 13.5. The van der Waals surface area contributed by atoms with Gasteiger partial charge in [-0.1, -0.05) is 55.1 Å². The molecule has 2 N–H and O–H groups in total. The van der Waals surface area contributed by atoms with Crippen molar-refractivity contribution in [2.24, 2.45) is 11.8 Å². The Balaban J connectivity index is 1.29. The number of carbonyl (C=O) groups excluding carboxylic acids is 3. The van der Waals surface area contributed by atoms with Crippen LogP contribution in [0.2, 0.25) is 5.02 Å². The van der Waals surface area contributed by atoms with E-state index in [1.165, 1.54) is 6.42 Å². The standard InChI is InChI=1S/C31H34ClN3O5/c1-2-39-23-14-12-22(13-15-23)33-28(36)25-24-16-17-31(40-24)26(25)30(38)35(18-19-8-10-20(32)11-9-19)27(31)29(37)34-21-6-4-3-5-7-21/h8-17,21,24-27H,2-7,18H2,1H3,(H,33,36)(H,34,37)/t24-,25?,26-,27?,31?/m0/s1. The van der Waals surface area contributed by atoms with Gasteiger partial charge in [-0.05, 0) is 61.7 Å². The predicted octanol–water partition coefficient (Wildman–Crippen LogP) is 4.48. The normalized spacial score (nSPS) is 28.9. The maximum Gasteiger partial charge on any atom is 0.246 e. The smallest absolute Gasteiger partial charge is 0.246 e. The number of anilines is 1. The Morgan fingerprint density at radius 2 is 1.77 bits per heavy atom. The van der Waals surface area contributed by atoms with Crippen molar-refractivity contribution in [2.75, 3.05) is 11.9 Å². The van der Waals surface area contributed by atoms with Gasteiger partial charge in [0.1, 0.15) is 17.4 Å². The lowest BCUT2D eigenvalue weighted by Crippen LogP contribution is -2.56. The lowest BCUT2D eigenvalue weighted by atomic mass is 9.74. The molecule has 2 aromatic carbocycles. The first-order valence-electron chi connectivity index (χ1n) is 14.2. The highest BCUT2D eigenvalue weighted by atomic mass is 35.5. The van der Waals surface area contributed by atoms with Crippen LogP contribution in [-0.2, 0) is 25.7 Å². The van der Waals surface area contributed by atoms with Crippen molar-refractivity contribution in [1.29, 1.82) is 0 Å².